The molecule has 166 valence electrons. The molecule has 2 aromatic rings. The zero-order valence-corrected chi connectivity index (χ0v) is 18.4. The molecule has 31 heavy (non-hydrogen) atoms. The highest BCUT2D eigenvalue weighted by atomic mass is 16.5. The first-order valence-electron chi connectivity index (χ1n) is 10.2. The second-order valence-electron chi connectivity index (χ2n) is 7.38. The first-order valence-corrected chi connectivity index (χ1v) is 10.2. The largest absolute Gasteiger partial charge is 0.493 e. The molecular weight excluding hydrogens is 398 g/mol. The van der Waals surface area contributed by atoms with Gasteiger partial charge in [0, 0.05) is 17.7 Å². The maximum absolute atomic E-state index is 12.4. The van der Waals surface area contributed by atoms with Crippen LogP contribution >= 0.6 is 0 Å². The number of Topliss-reactive ketones (excluding diaryl/α,β-unsaturated/α-hetero) is 1. The third kappa shape index (κ3) is 7.44. The van der Waals surface area contributed by atoms with Crippen molar-refractivity contribution in [2.75, 3.05) is 25.6 Å². The molecule has 1 amide bonds. The lowest BCUT2D eigenvalue weighted by Gasteiger charge is -2.13. The molecule has 2 aromatic carbocycles. The van der Waals surface area contributed by atoms with Crippen molar-refractivity contribution in [1.29, 1.82) is 0 Å². The van der Waals surface area contributed by atoms with Crippen molar-refractivity contribution in [2.24, 2.45) is 5.92 Å². The van der Waals surface area contributed by atoms with Crippen molar-refractivity contribution in [3.8, 4) is 11.5 Å². The predicted molar refractivity (Wildman–Crippen MR) is 118 cm³/mol. The first-order chi connectivity index (χ1) is 14.8. The van der Waals surface area contributed by atoms with Crippen molar-refractivity contribution >= 4 is 23.3 Å². The van der Waals surface area contributed by atoms with Gasteiger partial charge in [0.25, 0.3) is 0 Å². The van der Waals surface area contributed by atoms with Crippen LogP contribution in [-0.2, 0) is 9.53 Å². The molecule has 2 rings (SSSR count). The summed E-state index contributed by atoms with van der Waals surface area (Å²) in [5.41, 5.74) is 1.25. The highest BCUT2D eigenvalue weighted by Gasteiger charge is 2.15. The number of rotatable bonds is 11. The second kappa shape index (κ2) is 11.7. The monoisotopic (exact) mass is 427 g/mol. The van der Waals surface area contributed by atoms with E-state index in [9.17, 15) is 14.4 Å². The van der Waals surface area contributed by atoms with Gasteiger partial charge < -0.3 is 19.5 Å². The Morgan fingerprint density at radius 3 is 2.26 bits per heavy atom. The van der Waals surface area contributed by atoms with Gasteiger partial charge in [-0.1, -0.05) is 20.8 Å². The lowest BCUT2D eigenvalue weighted by Crippen LogP contribution is -2.15. The predicted octanol–water partition coefficient (Wildman–Crippen LogP) is 4.51. The van der Waals surface area contributed by atoms with Gasteiger partial charge in [0.15, 0.2) is 23.9 Å². The summed E-state index contributed by atoms with van der Waals surface area (Å²) in [6.07, 6.45) is 1.27. The number of methoxy groups -OCH3 is 1. The molecule has 7 nitrogen and oxygen atoms in total. The Bertz CT molecular complexity index is 905. The number of amides is 1. The molecule has 1 N–H and O–H groups in total. The number of ether oxygens (including phenoxy) is 3. The van der Waals surface area contributed by atoms with Crippen LogP contribution < -0.4 is 14.8 Å². The molecule has 0 unspecified atom stereocenters. The van der Waals surface area contributed by atoms with Crippen molar-refractivity contribution < 1.29 is 28.6 Å². The van der Waals surface area contributed by atoms with Gasteiger partial charge >= 0.3 is 5.97 Å². The average molecular weight is 427 g/mol. The van der Waals surface area contributed by atoms with Crippen LogP contribution in [0.5, 0.6) is 11.5 Å². The molecule has 7 heteroatoms. The SMILES string of the molecule is CCC(=O)Nc1ccc(C(=O)COC(=O)c2ccc(OCCC(C)C)c(OC)c2)cc1. The van der Waals surface area contributed by atoms with Crippen molar-refractivity contribution in [3.63, 3.8) is 0 Å². The molecule has 0 heterocycles. The second-order valence-corrected chi connectivity index (χ2v) is 7.38. The van der Waals surface area contributed by atoms with E-state index >= 15 is 0 Å². The third-order valence-electron chi connectivity index (χ3n) is 4.50. The van der Waals surface area contributed by atoms with E-state index in [2.05, 4.69) is 19.2 Å². The van der Waals surface area contributed by atoms with Gasteiger partial charge in [-0.05, 0) is 54.8 Å². The van der Waals surface area contributed by atoms with E-state index in [-0.39, 0.29) is 17.3 Å². The zero-order chi connectivity index (χ0) is 22.8. The van der Waals surface area contributed by atoms with Crippen LogP contribution in [-0.4, -0.2) is 38.0 Å². The minimum Gasteiger partial charge on any atom is -0.493 e. The van der Waals surface area contributed by atoms with Gasteiger partial charge in [-0.2, -0.15) is 0 Å². The summed E-state index contributed by atoms with van der Waals surface area (Å²) >= 11 is 0. The minimum absolute atomic E-state index is 0.111. The molecule has 0 bridgehead atoms. The lowest BCUT2D eigenvalue weighted by atomic mass is 10.1. The summed E-state index contributed by atoms with van der Waals surface area (Å²) in [5, 5.41) is 2.71. The summed E-state index contributed by atoms with van der Waals surface area (Å²) < 4.78 is 16.2. The Morgan fingerprint density at radius 1 is 0.968 bits per heavy atom. The molecule has 0 aliphatic carbocycles. The van der Waals surface area contributed by atoms with E-state index < -0.39 is 12.6 Å². The fraction of sp³-hybridized carbons (Fsp3) is 0.375. The number of hydrogen-bond acceptors (Lipinski definition) is 6. The summed E-state index contributed by atoms with van der Waals surface area (Å²) in [5.74, 6) is 0.402. The van der Waals surface area contributed by atoms with Crippen LogP contribution in [0, 0.1) is 5.92 Å². The normalized spacial score (nSPS) is 10.5. The summed E-state index contributed by atoms with van der Waals surface area (Å²) in [4.78, 5) is 36.1. The molecule has 0 radical (unpaired) electrons. The Labute approximate surface area is 182 Å². The van der Waals surface area contributed by atoms with Crippen LogP contribution in [0.3, 0.4) is 0 Å². The number of carbonyl (C=O) groups excluding carboxylic acids is 3. The molecule has 0 aliphatic heterocycles. The van der Waals surface area contributed by atoms with E-state index in [1.54, 1.807) is 43.3 Å². The van der Waals surface area contributed by atoms with Gasteiger partial charge in [-0.25, -0.2) is 4.79 Å². The van der Waals surface area contributed by atoms with Gasteiger partial charge in [-0.3, -0.25) is 9.59 Å². The molecule has 0 saturated heterocycles. The number of nitrogens with one attached hydrogen (secondary N) is 1. The smallest absolute Gasteiger partial charge is 0.338 e. The number of anilines is 1. The van der Waals surface area contributed by atoms with Crippen molar-refractivity contribution in [2.45, 2.75) is 33.6 Å². The molecule has 0 fully saturated rings. The fourth-order valence-corrected chi connectivity index (χ4v) is 2.60. The molecule has 0 spiro atoms. The Balaban J connectivity index is 1.94. The quantitative estimate of drug-likeness (QED) is 0.419. The first kappa shape index (κ1) is 23.9. The van der Waals surface area contributed by atoms with Gasteiger partial charge in [0.1, 0.15) is 0 Å². The van der Waals surface area contributed by atoms with E-state index in [4.69, 9.17) is 14.2 Å². The minimum atomic E-state index is -0.632. The molecule has 0 atom stereocenters. The highest BCUT2D eigenvalue weighted by molar-refractivity contribution is 6.00. The number of esters is 1. The Hall–Kier alpha value is -3.35. The van der Waals surface area contributed by atoms with Crippen molar-refractivity contribution in [3.05, 3.63) is 53.6 Å². The third-order valence-corrected chi connectivity index (χ3v) is 4.50. The van der Waals surface area contributed by atoms with Crippen LogP contribution in [0.1, 0.15) is 54.3 Å². The van der Waals surface area contributed by atoms with Crippen LogP contribution in [0.2, 0.25) is 0 Å². The average Bonchev–Trinajstić information content (AvgIpc) is 2.77. The highest BCUT2D eigenvalue weighted by Crippen LogP contribution is 2.28. The standard InChI is InChI=1S/C24H29NO6/c1-5-23(27)25-19-9-6-17(7-10-19)20(26)15-31-24(28)18-8-11-21(22(14-18)29-4)30-13-12-16(2)3/h6-11,14,16H,5,12-13,15H2,1-4H3,(H,25,27). The molecular formula is C24H29NO6. The van der Waals surface area contributed by atoms with E-state index in [0.717, 1.165) is 6.42 Å². The van der Waals surface area contributed by atoms with Gasteiger partial charge in [0.05, 0.1) is 19.3 Å². The Kier molecular flexibility index (Phi) is 9.06. The summed E-state index contributed by atoms with van der Waals surface area (Å²) in [6, 6.07) is 11.2. The Morgan fingerprint density at radius 2 is 1.65 bits per heavy atom. The maximum atomic E-state index is 12.4. The van der Waals surface area contributed by atoms with Crippen LogP contribution in [0.25, 0.3) is 0 Å². The number of hydrogen-bond donors (Lipinski definition) is 1. The number of benzene rings is 2. The lowest BCUT2D eigenvalue weighted by molar-refractivity contribution is -0.115. The van der Waals surface area contributed by atoms with Crippen molar-refractivity contribution in [1.82, 2.24) is 0 Å². The number of ketones is 1. The van der Waals surface area contributed by atoms with Crippen LogP contribution in [0.4, 0.5) is 5.69 Å². The zero-order valence-electron chi connectivity index (χ0n) is 18.4. The summed E-state index contributed by atoms with van der Waals surface area (Å²) in [6.45, 7) is 6.13. The van der Waals surface area contributed by atoms with E-state index in [1.807, 2.05) is 0 Å². The number of carbonyl (C=O) groups is 3. The van der Waals surface area contributed by atoms with Gasteiger partial charge in [0.2, 0.25) is 5.91 Å². The van der Waals surface area contributed by atoms with Crippen LogP contribution in [0.15, 0.2) is 42.5 Å². The maximum Gasteiger partial charge on any atom is 0.338 e. The fourth-order valence-electron chi connectivity index (χ4n) is 2.60. The van der Waals surface area contributed by atoms with E-state index in [0.29, 0.717) is 41.7 Å². The molecule has 0 aliphatic rings. The molecule has 0 saturated carbocycles. The topological polar surface area (TPSA) is 90.9 Å². The summed E-state index contributed by atoms with van der Waals surface area (Å²) in [7, 11) is 1.50. The van der Waals surface area contributed by atoms with Gasteiger partial charge in [-0.15, -0.1) is 0 Å². The van der Waals surface area contributed by atoms with E-state index in [1.165, 1.54) is 13.2 Å². The molecule has 0 aromatic heterocycles.